The van der Waals surface area contributed by atoms with Gasteiger partial charge in [-0.05, 0) is 6.07 Å². The summed E-state index contributed by atoms with van der Waals surface area (Å²) in [4.78, 5) is 13.8. The van der Waals surface area contributed by atoms with Gasteiger partial charge in [0.2, 0.25) is 0 Å². The van der Waals surface area contributed by atoms with Crippen LogP contribution >= 0.6 is 0 Å². The third-order valence-electron chi connectivity index (χ3n) is 1.85. The Hall–Kier alpha value is -0.640. The third-order valence-corrected chi connectivity index (χ3v) is 1.85. The molecule has 0 aliphatic carbocycles. The summed E-state index contributed by atoms with van der Waals surface area (Å²) < 4.78 is 0. The molecule has 14 heavy (non-hydrogen) atoms. The average Bonchev–Trinajstić information content (AvgIpc) is 2.47. The number of nitrogens with two attached hydrogens (primary N) is 1. The molecule has 0 fully saturated rings. The van der Waals surface area contributed by atoms with Gasteiger partial charge in [-0.3, -0.25) is 4.79 Å². The van der Waals surface area contributed by atoms with Crippen LogP contribution in [0, 0.1) is 0 Å². The number of H-pyrrole nitrogens is 1. The second kappa shape index (κ2) is 5.29. The molecular weight excluding hydrogens is 186 g/mol. The van der Waals surface area contributed by atoms with E-state index in [9.17, 15) is 4.79 Å². The molecule has 0 saturated carbocycles. The Morgan fingerprint density at radius 3 is 2.57 bits per heavy atom. The van der Waals surface area contributed by atoms with Gasteiger partial charge in [-0.25, -0.2) is 0 Å². The van der Waals surface area contributed by atoms with Gasteiger partial charge < -0.3 is 10.7 Å². The van der Waals surface area contributed by atoms with Crippen molar-refractivity contribution < 1.29 is 4.79 Å². The van der Waals surface area contributed by atoms with Gasteiger partial charge in [0.25, 0.3) is 5.91 Å². The summed E-state index contributed by atoms with van der Waals surface area (Å²) in [5.74, 6) is -0.396. The summed E-state index contributed by atoms with van der Waals surface area (Å²) >= 11 is 0. The summed E-state index contributed by atoms with van der Waals surface area (Å²) in [5, 5.41) is 0.880. The molecule has 2 rings (SSSR count). The number of rotatable bonds is 1. The van der Waals surface area contributed by atoms with E-state index in [0.29, 0.717) is 5.56 Å². The van der Waals surface area contributed by atoms with Gasteiger partial charge in [-0.2, -0.15) is 0 Å². The van der Waals surface area contributed by atoms with Crippen molar-refractivity contribution in [1.29, 1.82) is 0 Å². The van der Waals surface area contributed by atoms with Crippen molar-refractivity contribution in [3.63, 3.8) is 0 Å². The van der Waals surface area contributed by atoms with Crippen LogP contribution in [0.3, 0.4) is 0 Å². The van der Waals surface area contributed by atoms with Gasteiger partial charge in [0, 0.05) is 17.1 Å². The minimum absolute atomic E-state index is 0. The fourth-order valence-corrected chi connectivity index (χ4v) is 1.28. The van der Waals surface area contributed by atoms with E-state index >= 15 is 0 Å². The molecule has 5 heteroatoms. The van der Waals surface area contributed by atoms with Crippen LogP contribution < -0.4 is 5.73 Å². The minimum atomic E-state index is -0.396. The molecule has 0 saturated heterocycles. The average molecular weight is 198 g/mol. The van der Waals surface area contributed by atoms with Crippen molar-refractivity contribution in [2.75, 3.05) is 0 Å². The molecule has 1 aromatic heterocycles. The molecule has 0 aliphatic heterocycles. The van der Waals surface area contributed by atoms with Gasteiger partial charge >= 0.3 is 18.9 Å². The zero-order valence-corrected chi connectivity index (χ0v) is 6.37. The molecule has 0 bridgehead atoms. The number of aromatic amines is 1. The Balaban J connectivity index is 0.000000845. The Bertz CT molecular complexity index is 441. The number of carbonyl (C=O) groups is 1. The predicted molar refractivity (Wildman–Crippen MR) is 63.9 cm³/mol. The summed E-state index contributed by atoms with van der Waals surface area (Å²) in [6.45, 7) is 0. The summed E-state index contributed by atoms with van der Waals surface area (Å²) in [5.41, 5.74) is 6.65. The number of hydrogen-bond acceptors (Lipinski definition) is 1. The molecule has 1 amide bonds. The van der Waals surface area contributed by atoms with Crippen LogP contribution in [0.2, 0.25) is 0 Å². The number of aromatic nitrogens is 1. The van der Waals surface area contributed by atoms with Crippen LogP contribution in [-0.2, 0) is 0 Å². The Morgan fingerprint density at radius 2 is 1.93 bits per heavy atom. The second-order valence-electron chi connectivity index (χ2n) is 2.61. The van der Waals surface area contributed by atoms with Gasteiger partial charge in [-0.1, -0.05) is 18.2 Å². The van der Waals surface area contributed by atoms with Crippen molar-refractivity contribution in [2.45, 2.75) is 0 Å². The monoisotopic (exact) mass is 198 g/mol. The molecule has 3 N–H and O–H groups in total. The number of benzene rings is 1. The maximum atomic E-state index is 10.9. The zero-order chi connectivity index (χ0) is 8.55. The summed E-state index contributed by atoms with van der Waals surface area (Å²) in [6.07, 6.45) is 1.63. The van der Waals surface area contributed by atoms with Gasteiger partial charge in [0.05, 0.1) is 5.56 Å². The standard InChI is InChI=1S/C9H8N2O.Al.Li.4H/c10-9(12)7-5-11-8-4-2-1-3-6(7)8;;;;;;/h1-5,11H,(H2,10,12);;;;;;. The van der Waals surface area contributed by atoms with E-state index < -0.39 is 5.91 Å². The number of carbonyl (C=O) groups excluding carboxylic acids is 1. The normalized spacial score (nSPS) is 8.86. The predicted octanol–water partition coefficient (Wildman–Crippen LogP) is -0.566. The van der Waals surface area contributed by atoms with Crippen molar-refractivity contribution in [2.24, 2.45) is 5.73 Å². The topological polar surface area (TPSA) is 58.9 Å². The second-order valence-corrected chi connectivity index (χ2v) is 2.61. The van der Waals surface area contributed by atoms with E-state index in [-0.39, 0.29) is 36.2 Å². The fourth-order valence-electron chi connectivity index (χ4n) is 1.28. The molecule has 0 unspecified atom stereocenters. The molecule has 1 aromatic carbocycles. The van der Waals surface area contributed by atoms with E-state index in [1.165, 1.54) is 0 Å². The zero-order valence-electron chi connectivity index (χ0n) is 6.37. The number of hydrogen-bond donors (Lipinski definition) is 2. The van der Waals surface area contributed by atoms with Crippen LogP contribution in [0.15, 0.2) is 30.5 Å². The van der Waals surface area contributed by atoms with Crippen LogP contribution in [0.5, 0.6) is 0 Å². The number of fused-ring (bicyclic) bond motifs is 1. The first-order valence-electron chi connectivity index (χ1n) is 3.65. The van der Waals surface area contributed by atoms with Crippen LogP contribution in [0.4, 0.5) is 0 Å². The van der Waals surface area contributed by atoms with E-state index in [1.54, 1.807) is 6.20 Å². The quantitative estimate of drug-likeness (QED) is 0.592. The SMILES string of the molecule is NC(=O)c1c[nH]c2ccccc12.[AlH3].[LiH]. The molecule has 3 nitrogen and oxygen atoms in total. The third kappa shape index (κ3) is 2.23. The Morgan fingerprint density at radius 1 is 1.29 bits per heavy atom. The Kier molecular flexibility index (Phi) is 5.05. The summed E-state index contributed by atoms with van der Waals surface area (Å²) in [7, 11) is 0. The number of amides is 1. The van der Waals surface area contributed by atoms with Gasteiger partial charge in [0.1, 0.15) is 0 Å². The van der Waals surface area contributed by atoms with E-state index in [0.717, 1.165) is 10.9 Å². The molecule has 2 aromatic rings. The van der Waals surface area contributed by atoms with E-state index in [1.807, 2.05) is 24.3 Å². The number of para-hydroxylation sites is 1. The summed E-state index contributed by atoms with van der Waals surface area (Å²) in [6, 6.07) is 7.56. The number of primary amides is 1. The molecule has 0 aliphatic rings. The van der Waals surface area contributed by atoms with Crippen molar-refractivity contribution in [1.82, 2.24) is 4.98 Å². The Labute approximate surface area is 104 Å². The van der Waals surface area contributed by atoms with Crippen LogP contribution in [0.1, 0.15) is 10.4 Å². The van der Waals surface area contributed by atoms with E-state index in [2.05, 4.69) is 4.98 Å². The first-order valence-corrected chi connectivity index (χ1v) is 3.65. The molecule has 68 valence electrons. The first-order chi connectivity index (χ1) is 5.79. The first kappa shape index (κ1) is 13.4. The van der Waals surface area contributed by atoms with E-state index in [4.69, 9.17) is 5.73 Å². The van der Waals surface area contributed by atoms with Crippen LogP contribution in [0.25, 0.3) is 10.9 Å². The molecular formula is C9H12AlLiN2O. The molecule has 0 radical (unpaired) electrons. The molecule has 0 atom stereocenters. The van der Waals surface area contributed by atoms with Crippen molar-refractivity contribution in [3.8, 4) is 0 Å². The molecule has 1 heterocycles. The fraction of sp³-hybridized carbons (Fsp3) is 0. The van der Waals surface area contributed by atoms with Gasteiger partial charge in [-0.15, -0.1) is 0 Å². The number of nitrogens with one attached hydrogen (secondary N) is 1. The van der Waals surface area contributed by atoms with Crippen molar-refractivity contribution in [3.05, 3.63) is 36.0 Å². The van der Waals surface area contributed by atoms with Crippen molar-refractivity contribution >= 4 is 53.0 Å². The maximum absolute atomic E-state index is 10.9. The van der Waals surface area contributed by atoms with Gasteiger partial charge in [0.15, 0.2) is 17.4 Å². The van der Waals surface area contributed by atoms with Crippen LogP contribution in [-0.4, -0.2) is 47.1 Å². The molecule has 0 spiro atoms.